The third-order valence-electron chi connectivity index (χ3n) is 6.03. The predicted molar refractivity (Wildman–Crippen MR) is 116 cm³/mol. The fraction of sp³-hybridized carbons (Fsp3) is 0.500. The van der Waals surface area contributed by atoms with Crippen LogP contribution in [0.5, 0.6) is 0 Å². The van der Waals surface area contributed by atoms with Crippen LogP contribution < -0.4 is 4.90 Å². The van der Waals surface area contributed by atoms with E-state index in [0.717, 1.165) is 84.1 Å². The molecule has 2 saturated heterocycles. The minimum absolute atomic E-state index is 0.136. The highest BCUT2D eigenvalue weighted by atomic mass is 19.1. The van der Waals surface area contributed by atoms with E-state index in [1.54, 1.807) is 12.1 Å². The lowest BCUT2D eigenvalue weighted by molar-refractivity contribution is 0.0375. The summed E-state index contributed by atoms with van der Waals surface area (Å²) in [5.74, 6) is -0.136. The van der Waals surface area contributed by atoms with Crippen molar-refractivity contribution < 1.29 is 9.13 Å². The molecule has 0 atom stereocenters. The number of anilines is 1. The van der Waals surface area contributed by atoms with E-state index in [4.69, 9.17) is 4.74 Å². The van der Waals surface area contributed by atoms with Gasteiger partial charge in [0.25, 0.3) is 0 Å². The Morgan fingerprint density at radius 3 is 2.34 bits per heavy atom. The molecule has 2 fully saturated rings. The van der Waals surface area contributed by atoms with Crippen LogP contribution >= 0.6 is 0 Å². The van der Waals surface area contributed by atoms with Crippen molar-refractivity contribution in [1.82, 2.24) is 9.80 Å². The molecule has 0 bridgehead atoms. The molecule has 0 aliphatic carbocycles. The highest BCUT2D eigenvalue weighted by molar-refractivity contribution is 5.54. The molecule has 2 aliphatic heterocycles. The van der Waals surface area contributed by atoms with Crippen LogP contribution in [0.2, 0.25) is 0 Å². The van der Waals surface area contributed by atoms with Gasteiger partial charge in [-0.05, 0) is 42.6 Å². The second-order valence-corrected chi connectivity index (χ2v) is 8.08. The van der Waals surface area contributed by atoms with Gasteiger partial charge < -0.3 is 9.64 Å². The monoisotopic (exact) mass is 397 g/mol. The molecule has 4 rings (SSSR count). The summed E-state index contributed by atoms with van der Waals surface area (Å²) >= 11 is 0. The normalized spacial score (nSPS) is 18.9. The summed E-state index contributed by atoms with van der Waals surface area (Å²) in [7, 11) is 0. The van der Waals surface area contributed by atoms with Crippen molar-refractivity contribution in [2.75, 3.05) is 63.9 Å². The molecule has 2 heterocycles. The third kappa shape index (κ3) is 5.78. The Morgan fingerprint density at radius 1 is 0.828 bits per heavy atom. The van der Waals surface area contributed by atoms with E-state index < -0.39 is 0 Å². The number of benzene rings is 2. The average Bonchev–Trinajstić information content (AvgIpc) is 2.77. The molecule has 2 aromatic rings. The van der Waals surface area contributed by atoms with Gasteiger partial charge in [-0.2, -0.15) is 0 Å². The van der Waals surface area contributed by atoms with Crippen molar-refractivity contribution in [2.24, 2.45) is 0 Å². The molecular formula is C24H32FN3O. The zero-order chi connectivity index (χ0) is 19.9. The molecule has 29 heavy (non-hydrogen) atoms. The molecular weight excluding hydrogens is 365 g/mol. The van der Waals surface area contributed by atoms with E-state index in [1.807, 2.05) is 6.07 Å². The van der Waals surface area contributed by atoms with Crippen molar-refractivity contribution in [3.63, 3.8) is 0 Å². The van der Waals surface area contributed by atoms with E-state index in [9.17, 15) is 4.39 Å². The van der Waals surface area contributed by atoms with Gasteiger partial charge in [0.15, 0.2) is 0 Å². The zero-order valence-corrected chi connectivity index (χ0v) is 17.2. The maximum Gasteiger partial charge on any atom is 0.125 e. The van der Waals surface area contributed by atoms with Crippen LogP contribution in [0.3, 0.4) is 0 Å². The van der Waals surface area contributed by atoms with Crippen LogP contribution in [0.4, 0.5) is 10.1 Å². The van der Waals surface area contributed by atoms with Gasteiger partial charge in [0, 0.05) is 51.5 Å². The Morgan fingerprint density at radius 2 is 1.59 bits per heavy atom. The van der Waals surface area contributed by atoms with Gasteiger partial charge in [-0.1, -0.05) is 36.4 Å². The van der Waals surface area contributed by atoms with Gasteiger partial charge in [-0.25, -0.2) is 4.39 Å². The summed E-state index contributed by atoms with van der Waals surface area (Å²) in [5.41, 5.74) is 3.72. The number of halogens is 1. The highest BCUT2D eigenvalue weighted by Crippen LogP contribution is 2.25. The van der Waals surface area contributed by atoms with E-state index >= 15 is 0 Å². The number of hydrogen-bond donors (Lipinski definition) is 0. The third-order valence-corrected chi connectivity index (χ3v) is 6.03. The maximum atomic E-state index is 14.0. The molecule has 0 saturated carbocycles. The van der Waals surface area contributed by atoms with Crippen molar-refractivity contribution in [3.05, 3.63) is 65.5 Å². The van der Waals surface area contributed by atoms with E-state index in [0.29, 0.717) is 0 Å². The van der Waals surface area contributed by atoms with Gasteiger partial charge in [0.1, 0.15) is 5.82 Å². The maximum absolute atomic E-state index is 14.0. The number of rotatable bonds is 7. The van der Waals surface area contributed by atoms with E-state index in [1.165, 1.54) is 11.1 Å². The standard InChI is InChI=1S/C24H32FN3O/c25-23-9-8-22(7-4-10-26-15-17-29-18-16-26)24(19-23)28-13-11-27(12-14-28)20-21-5-2-1-3-6-21/h1-3,5-6,8-9,19H,4,7,10-18,20H2. The fourth-order valence-corrected chi connectivity index (χ4v) is 4.35. The largest absolute Gasteiger partial charge is 0.379 e. The first kappa shape index (κ1) is 20.3. The fourth-order valence-electron chi connectivity index (χ4n) is 4.35. The van der Waals surface area contributed by atoms with Crippen LogP contribution in [0, 0.1) is 5.82 Å². The van der Waals surface area contributed by atoms with Crippen LogP contribution in [0.1, 0.15) is 17.5 Å². The molecule has 0 amide bonds. The number of nitrogens with zero attached hydrogens (tertiary/aromatic N) is 3. The summed E-state index contributed by atoms with van der Waals surface area (Å²) in [6, 6.07) is 16.0. The minimum atomic E-state index is -0.136. The SMILES string of the molecule is Fc1ccc(CCCN2CCOCC2)c(N2CCN(Cc3ccccc3)CC2)c1. The van der Waals surface area contributed by atoms with E-state index in [-0.39, 0.29) is 5.82 Å². The van der Waals surface area contributed by atoms with Gasteiger partial charge >= 0.3 is 0 Å². The van der Waals surface area contributed by atoms with Gasteiger partial charge in [-0.3, -0.25) is 9.80 Å². The Kier molecular flexibility index (Phi) is 7.14. The van der Waals surface area contributed by atoms with Gasteiger partial charge in [0.05, 0.1) is 13.2 Å². The number of ether oxygens (including phenoxy) is 1. The topological polar surface area (TPSA) is 19.0 Å². The average molecular weight is 398 g/mol. The molecule has 2 aliphatic rings. The van der Waals surface area contributed by atoms with Gasteiger partial charge in [0.2, 0.25) is 0 Å². The number of aryl methyl sites for hydroxylation is 1. The Bertz CT molecular complexity index is 756. The summed E-state index contributed by atoms with van der Waals surface area (Å²) in [6.07, 6.45) is 2.10. The predicted octanol–water partition coefficient (Wildman–Crippen LogP) is 3.41. The number of morpholine rings is 1. The molecule has 0 spiro atoms. The van der Waals surface area contributed by atoms with Gasteiger partial charge in [-0.15, -0.1) is 0 Å². The summed E-state index contributed by atoms with van der Waals surface area (Å²) in [5, 5.41) is 0. The molecule has 0 radical (unpaired) electrons. The molecule has 2 aromatic carbocycles. The summed E-state index contributed by atoms with van der Waals surface area (Å²) < 4.78 is 19.4. The lowest BCUT2D eigenvalue weighted by atomic mass is 10.0. The van der Waals surface area contributed by atoms with E-state index in [2.05, 4.69) is 45.0 Å². The second-order valence-electron chi connectivity index (χ2n) is 8.08. The summed E-state index contributed by atoms with van der Waals surface area (Å²) in [6.45, 7) is 9.75. The Labute approximate surface area is 173 Å². The minimum Gasteiger partial charge on any atom is -0.379 e. The van der Waals surface area contributed by atoms with Crippen molar-refractivity contribution >= 4 is 5.69 Å². The smallest absolute Gasteiger partial charge is 0.125 e. The second kappa shape index (κ2) is 10.2. The number of piperazine rings is 1. The lowest BCUT2D eigenvalue weighted by Gasteiger charge is -2.37. The molecule has 156 valence electrons. The first-order valence-electron chi connectivity index (χ1n) is 10.9. The van der Waals surface area contributed by atoms with Crippen molar-refractivity contribution in [3.8, 4) is 0 Å². The quantitative estimate of drug-likeness (QED) is 0.713. The first-order chi connectivity index (χ1) is 14.3. The Hall–Kier alpha value is -1.95. The van der Waals surface area contributed by atoms with Crippen molar-refractivity contribution in [1.29, 1.82) is 0 Å². The number of hydrogen-bond acceptors (Lipinski definition) is 4. The lowest BCUT2D eigenvalue weighted by Crippen LogP contribution is -2.46. The molecule has 5 heteroatoms. The molecule has 0 unspecified atom stereocenters. The molecule has 0 N–H and O–H groups in total. The zero-order valence-electron chi connectivity index (χ0n) is 17.2. The van der Waals surface area contributed by atoms with Crippen LogP contribution in [0.25, 0.3) is 0 Å². The first-order valence-corrected chi connectivity index (χ1v) is 10.9. The van der Waals surface area contributed by atoms with Crippen LogP contribution in [-0.4, -0.2) is 68.8 Å². The highest BCUT2D eigenvalue weighted by Gasteiger charge is 2.20. The molecule has 0 aromatic heterocycles. The van der Waals surface area contributed by atoms with Crippen LogP contribution in [-0.2, 0) is 17.7 Å². The van der Waals surface area contributed by atoms with Crippen LogP contribution in [0.15, 0.2) is 48.5 Å². The van der Waals surface area contributed by atoms with Crippen molar-refractivity contribution in [2.45, 2.75) is 19.4 Å². The Balaban J connectivity index is 1.32. The summed E-state index contributed by atoms with van der Waals surface area (Å²) in [4.78, 5) is 7.33. The molecule has 4 nitrogen and oxygen atoms in total.